The van der Waals surface area contributed by atoms with E-state index in [2.05, 4.69) is 0 Å². The van der Waals surface area contributed by atoms with Crippen LogP contribution < -0.4 is 0 Å². The Morgan fingerprint density at radius 1 is 1.27 bits per heavy atom. The molecular formula is C16H22F2N2O2. The highest BCUT2D eigenvalue weighted by Crippen LogP contribution is 2.39. The number of hydrogen-bond donors (Lipinski definition) is 0. The third kappa shape index (κ3) is 2.76. The van der Waals surface area contributed by atoms with Crippen molar-refractivity contribution >= 4 is 5.91 Å². The smallest absolute Gasteiger partial charge is 0.319 e. The van der Waals surface area contributed by atoms with E-state index in [1.54, 1.807) is 17.9 Å². The number of aryl methyl sites for hydroxylation is 1. The standard InChI is InChI=1S/C16H22F2N2O2/c1-12-3-4-13(20(12)15(17)18)14(21)19-8-2-5-16(11-19)6-9-22-10-7-16/h3-4,15H,2,5-11H2,1H3. The first-order valence-electron chi connectivity index (χ1n) is 7.85. The molecule has 1 spiro atoms. The third-order valence-corrected chi connectivity index (χ3v) is 5.04. The minimum Gasteiger partial charge on any atom is -0.381 e. The molecule has 0 N–H and O–H groups in total. The van der Waals surface area contributed by atoms with Gasteiger partial charge in [-0.3, -0.25) is 9.36 Å². The molecule has 6 heteroatoms. The molecule has 1 aromatic rings. The first kappa shape index (κ1) is 15.5. The lowest BCUT2D eigenvalue weighted by atomic mass is 9.74. The van der Waals surface area contributed by atoms with Crippen molar-refractivity contribution in [3.05, 3.63) is 23.5 Å². The fraction of sp³-hybridized carbons (Fsp3) is 0.688. The zero-order valence-electron chi connectivity index (χ0n) is 12.9. The van der Waals surface area contributed by atoms with Gasteiger partial charge in [-0.25, -0.2) is 0 Å². The van der Waals surface area contributed by atoms with Crippen molar-refractivity contribution in [1.29, 1.82) is 0 Å². The molecule has 2 aliphatic heterocycles. The molecule has 22 heavy (non-hydrogen) atoms. The summed E-state index contributed by atoms with van der Waals surface area (Å²) in [5, 5.41) is 0. The van der Waals surface area contributed by atoms with Crippen LogP contribution in [0.15, 0.2) is 12.1 Å². The van der Waals surface area contributed by atoms with Crippen LogP contribution >= 0.6 is 0 Å². The van der Waals surface area contributed by atoms with E-state index in [1.807, 2.05) is 0 Å². The summed E-state index contributed by atoms with van der Waals surface area (Å²) in [4.78, 5) is 14.5. The second-order valence-corrected chi connectivity index (χ2v) is 6.45. The molecule has 2 aliphatic rings. The maximum atomic E-state index is 13.2. The van der Waals surface area contributed by atoms with Crippen LogP contribution in [0.1, 0.15) is 48.4 Å². The Morgan fingerprint density at radius 3 is 2.68 bits per heavy atom. The minimum atomic E-state index is -2.68. The van der Waals surface area contributed by atoms with Crippen LogP contribution in [0, 0.1) is 12.3 Å². The molecule has 3 heterocycles. The van der Waals surface area contributed by atoms with Gasteiger partial charge in [0.1, 0.15) is 5.69 Å². The van der Waals surface area contributed by atoms with Gasteiger partial charge in [-0.15, -0.1) is 0 Å². The Balaban J connectivity index is 1.80. The largest absolute Gasteiger partial charge is 0.381 e. The van der Waals surface area contributed by atoms with E-state index >= 15 is 0 Å². The van der Waals surface area contributed by atoms with E-state index in [0.717, 1.165) is 43.5 Å². The molecule has 2 fully saturated rings. The number of piperidine rings is 1. The molecule has 1 amide bonds. The van der Waals surface area contributed by atoms with Crippen LogP contribution in [0.2, 0.25) is 0 Å². The van der Waals surface area contributed by atoms with Crippen LogP contribution in [0.25, 0.3) is 0 Å². The molecule has 122 valence electrons. The second kappa shape index (κ2) is 5.99. The fourth-order valence-electron chi connectivity index (χ4n) is 3.74. The van der Waals surface area contributed by atoms with Crippen molar-refractivity contribution in [1.82, 2.24) is 9.47 Å². The molecular weight excluding hydrogens is 290 g/mol. The van der Waals surface area contributed by atoms with Gasteiger partial charge in [-0.2, -0.15) is 8.78 Å². The van der Waals surface area contributed by atoms with Gasteiger partial charge >= 0.3 is 6.55 Å². The van der Waals surface area contributed by atoms with E-state index in [-0.39, 0.29) is 17.0 Å². The van der Waals surface area contributed by atoms with E-state index in [9.17, 15) is 13.6 Å². The zero-order chi connectivity index (χ0) is 15.7. The summed E-state index contributed by atoms with van der Waals surface area (Å²) in [5.74, 6) is -0.279. The van der Waals surface area contributed by atoms with Gasteiger partial charge in [0.05, 0.1) is 0 Å². The predicted molar refractivity (Wildman–Crippen MR) is 78.0 cm³/mol. The Kier molecular flexibility index (Phi) is 4.21. The highest BCUT2D eigenvalue weighted by Gasteiger charge is 2.39. The third-order valence-electron chi connectivity index (χ3n) is 5.04. The van der Waals surface area contributed by atoms with E-state index in [1.165, 1.54) is 6.07 Å². The van der Waals surface area contributed by atoms with Crippen molar-refractivity contribution in [2.45, 2.75) is 39.2 Å². The number of rotatable bonds is 2. The van der Waals surface area contributed by atoms with Crippen molar-refractivity contribution in [2.75, 3.05) is 26.3 Å². The number of carbonyl (C=O) groups is 1. The summed E-state index contributed by atoms with van der Waals surface area (Å²) < 4.78 is 32.6. The number of likely N-dealkylation sites (tertiary alicyclic amines) is 1. The summed E-state index contributed by atoms with van der Waals surface area (Å²) in [6.45, 7) is 1.68. The predicted octanol–water partition coefficient (Wildman–Crippen LogP) is 3.22. The van der Waals surface area contributed by atoms with Gasteiger partial charge in [-0.05, 0) is 50.2 Å². The number of amides is 1. The Labute approximate surface area is 129 Å². The van der Waals surface area contributed by atoms with Gasteiger partial charge < -0.3 is 9.64 Å². The maximum Gasteiger partial charge on any atom is 0.319 e. The molecule has 0 aromatic carbocycles. The molecule has 0 aliphatic carbocycles. The first-order valence-corrected chi connectivity index (χ1v) is 7.85. The molecule has 0 atom stereocenters. The topological polar surface area (TPSA) is 34.5 Å². The van der Waals surface area contributed by atoms with Gasteiger partial charge in [-0.1, -0.05) is 0 Å². The Bertz CT molecular complexity index is 545. The highest BCUT2D eigenvalue weighted by atomic mass is 19.3. The van der Waals surface area contributed by atoms with Crippen molar-refractivity contribution in [2.24, 2.45) is 5.41 Å². The van der Waals surface area contributed by atoms with Crippen LogP contribution in [0.5, 0.6) is 0 Å². The van der Waals surface area contributed by atoms with Crippen LogP contribution in [0.4, 0.5) is 8.78 Å². The van der Waals surface area contributed by atoms with Crippen molar-refractivity contribution < 1.29 is 18.3 Å². The van der Waals surface area contributed by atoms with E-state index in [0.29, 0.717) is 18.8 Å². The molecule has 0 unspecified atom stereocenters. The average molecular weight is 312 g/mol. The quantitative estimate of drug-likeness (QED) is 0.840. The van der Waals surface area contributed by atoms with Crippen molar-refractivity contribution in [3.8, 4) is 0 Å². The molecule has 0 radical (unpaired) electrons. The Hall–Kier alpha value is -1.43. The van der Waals surface area contributed by atoms with Crippen LogP contribution in [0.3, 0.4) is 0 Å². The summed E-state index contributed by atoms with van der Waals surface area (Å²) in [6.07, 6.45) is 3.92. The SMILES string of the molecule is Cc1ccc(C(=O)N2CCCC3(CCOCC3)C2)n1C(F)F. The maximum absolute atomic E-state index is 13.2. The number of aromatic nitrogens is 1. The first-order chi connectivity index (χ1) is 10.5. The summed E-state index contributed by atoms with van der Waals surface area (Å²) in [6, 6.07) is 3.09. The molecule has 2 saturated heterocycles. The van der Waals surface area contributed by atoms with Gasteiger partial charge in [0.2, 0.25) is 0 Å². The van der Waals surface area contributed by atoms with E-state index < -0.39 is 6.55 Å². The number of alkyl halides is 2. The van der Waals surface area contributed by atoms with Crippen LogP contribution in [-0.4, -0.2) is 41.7 Å². The lowest BCUT2D eigenvalue weighted by Gasteiger charge is -2.45. The molecule has 0 saturated carbocycles. The van der Waals surface area contributed by atoms with E-state index in [4.69, 9.17) is 4.74 Å². The zero-order valence-corrected chi connectivity index (χ0v) is 12.9. The van der Waals surface area contributed by atoms with Gasteiger partial charge in [0.15, 0.2) is 0 Å². The van der Waals surface area contributed by atoms with Crippen LogP contribution in [-0.2, 0) is 4.74 Å². The minimum absolute atomic E-state index is 0.0941. The van der Waals surface area contributed by atoms with Crippen molar-refractivity contribution in [3.63, 3.8) is 0 Å². The number of ether oxygens (including phenoxy) is 1. The number of carbonyl (C=O) groups excluding carboxylic acids is 1. The fourth-order valence-corrected chi connectivity index (χ4v) is 3.74. The normalized spacial score (nSPS) is 21.5. The molecule has 3 rings (SSSR count). The summed E-state index contributed by atoms with van der Waals surface area (Å²) in [7, 11) is 0. The van der Waals surface area contributed by atoms with Gasteiger partial charge in [0.25, 0.3) is 5.91 Å². The number of nitrogens with zero attached hydrogens (tertiary/aromatic N) is 2. The number of halogens is 2. The summed E-state index contributed by atoms with van der Waals surface area (Å²) >= 11 is 0. The second-order valence-electron chi connectivity index (χ2n) is 6.45. The lowest BCUT2D eigenvalue weighted by molar-refractivity contribution is -0.0236. The number of hydrogen-bond acceptors (Lipinski definition) is 2. The monoisotopic (exact) mass is 312 g/mol. The summed E-state index contributed by atoms with van der Waals surface area (Å²) in [5.41, 5.74) is 0.622. The molecule has 1 aromatic heterocycles. The molecule has 0 bridgehead atoms. The van der Waals surface area contributed by atoms with Gasteiger partial charge in [0, 0.05) is 32.0 Å². The Morgan fingerprint density at radius 2 is 2.00 bits per heavy atom. The highest BCUT2D eigenvalue weighted by molar-refractivity contribution is 5.93. The average Bonchev–Trinajstić information content (AvgIpc) is 2.89. The molecule has 4 nitrogen and oxygen atoms in total. The lowest BCUT2D eigenvalue weighted by Crippen LogP contribution is -2.48.